The molecular weight excluding hydrogens is 273 g/mol. The molecule has 3 heterocycles. The molecule has 1 aromatic rings. The quantitative estimate of drug-likeness (QED) is 0.471. The van der Waals surface area contributed by atoms with E-state index in [-0.39, 0.29) is 16.6 Å². The number of halogens is 1. The lowest BCUT2D eigenvalue weighted by Gasteiger charge is -2.23. The Balaban J connectivity index is 1.97. The lowest BCUT2D eigenvalue weighted by Crippen LogP contribution is -2.33. The minimum atomic E-state index is -1.33. The van der Waals surface area contributed by atoms with Gasteiger partial charge in [0.15, 0.2) is 12.0 Å². The van der Waals surface area contributed by atoms with E-state index in [0.717, 1.165) is 6.34 Å². The summed E-state index contributed by atoms with van der Waals surface area (Å²) >= 11 is 0. The van der Waals surface area contributed by atoms with Crippen LogP contribution in [0.4, 0.5) is 10.3 Å². The smallest absolute Gasteiger partial charge is 0.173 e. The second-order valence-corrected chi connectivity index (χ2v) is 4.61. The van der Waals surface area contributed by atoms with E-state index >= 15 is 0 Å². The van der Waals surface area contributed by atoms with Crippen LogP contribution in [-0.4, -0.2) is 56.1 Å². The Morgan fingerprint density at radius 3 is 2.80 bits per heavy atom. The van der Waals surface area contributed by atoms with Gasteiger partial charge < -0.3 is 25.8 Å². The van der Waals surface area contributed by atoms with Crippen LogP contribution in [0.5, 0.6) is 0 Å². The molecule has 2 aliphatic rings. The first-order valence-electron chi connectivity index (χ1n) is 5.97. The summed E-state index contributed by atoms with van der Waals surface area (Å²) < 4.78 is 20.4. The largest absolute Gasteiger partial charge is 0.394 e. The Morgan fingerprint density at radius 2 is 2.15 bits per heavy atom. The van der Waals surface area contributed by atoms with Gasteiger partial charge in [0.1, 0.15) is 36.5 Å². The van der Waals surface area contributed by atoms with Gasteiger partial charge in [-0.3, -0.25) is 4.57 Å². The number of nitrogens with zero attached hydrogens (tertiary/aromatic N) is 4. The highest BCUT2D eigenvalue weighted by Gasteiger charge is 2.45. The van der Waals surface area contributed by atoms with Crippen molar-refractivity contribution in [3.63, 3.8) is 0 Å². The first-order valence-corrected chi connectivity index (χ1v) is 5.97. The fourth-order valence-corrected chi connectivity index (χ4v) is 2.35. The fraction of sp³-hybridized carbons (Fsp3) is 0.600. The lowest BCUT2D eigenvalue weighted by molar-refractivity contribution is -0.0523. The van der Waals surface area contributed by atoms with Crippen LogP contribution in [0.25, 0.3) is 0 Å². The molecule has 0 bridgehead atoms. The summed E-state index contributed by atoms with van der Waals surface area (Å²) in [6, 6.07) is 0. The van der Waals surface area contributed by atoms with Gasteiger partial charge in [-0.2, -0.15) is 0 Å². The van der Waals surface area contributed by atoms with Gasteiger partial charge in [-0.05, 0) is 0 Å². The summed E-state index contributed by atoms with van der Waals surface area (Å²) in [5.74, 6) is -0.0256. The number of anilines is 1. The second kappa shape index (κ2) is 4.75. The molecule has 0 aromatic carbocycles. The second-order valence-electron chi connectivity index (χ2n) is 4.61. The monoisotopic (exact) mass is 287 g/mol. The van der Waals surface area contributed by atoms with Crippen molar-refractivity contribution in [2.24, 2.45) is 10.7 Å². The minimum absolute atomic E-state index is 0.0256. The molecule has 0 saturated carbocycles. The summed E-state index contributed by atoms with van der Waals surface area (Å²) in [7, 11) is 0. The molecule has 5 atom stereocenters. The number of imidazole rings is 1. The van der Waals surface area contributed by atoms with Crippen molar-refractivity contribution in [1.29, 1.82) is 0 Å². The van der Waals surface area contributed by atoms with E-state index in [1.54, 1.807) is 0 Å². The molecule has 0 radical (unpaired) electrons. The SMILES string of the molecule is NC1N=CN(F)c2c1ncn2[C@@H]1O[C@H](CO)[C@@H](O)[C@@H]1O. The predicted molar refractivity (Wildman–Crippen MR) is 64.2 cm³/mol. The molecule has 1 fully saturated rings. The molecular formula is C10H14FN5O4. The zero-order valence-corrected chi connectivity index (χ0v) is 10.2. The highest BCUT2D eigenvalue weighted by molar-refractivity contribution is 5.78. The van der Waals surface area contributed by atoms with E-state index in [4.69, 9.17) is 15.6 Å². The maximum absolute atomic E-state index is 13.8. The molecule has 0 aliphatic carbocycles. The molecule has 1 saturated heterocycles. The Hall–Kier alpha value is -1.59. The molecule has 1 unspecified atom stereocenters. The highest BCUT2D eigenvalue weighted by atomic mass is 19.2. The van der Waals surface area contributed by atoms with E-state index in [9.17, 15) is 14.7 Å². The fourth-order valence-electron chi connectivity index (χ4n) is 2.35. The number of hydrogen-bond donors (Lipinski definition) is 4. The number of ether oxygens (including phenoxy) is 1. The Morgan fingerprint density at radius 1 is 1.40 bits per heavy atom. The molecule has 5 N–H and O–H groups in total. The Kier molecular flexibility index (Phi) is 3.18. The number of aliphatic hydroxyl groups excluding tert-OH is 3. The van der Waals surface area contributed by atoms with E-state index in [1.165, 1.54) is 10.9 Å². The van der Waals surface area contributed by atoms with Crippen molar-refractivity contribution in [3.8, 4) is 0 Å². The standard InChI is InChI=1S/C10H14FN5O4/c11-16-3-14-8(12)5-9(16)15(2-13-5)10-7(19)6(18)4(1-17)20-10/h2-4,6-8,10,17-19H,1,12H2/t4-,6-,7+,8?,10-/m1/s1. The van der Waals surface area contributed by atoms with Gasteiger partial charge >= 0.3 is 0 Å². The van der Waals surface area contributed by atoms with E-state index < -0.39 is 37.3 Å². The molecule has 0 spiro atoms. The number of fused-ring (bicyclic) bond motifs is 1. The molecule has 20 heavy (non-hydrogen) atoms. The van der Waals surface area contributed by atoms with Crippen molar-refractivity contribution in [3.05, 3.63) is 12.0 Å². The Labute approximate surface area is 112 Å². The van der Waals surface area contributed by atoms with Gasteiger partial charge in [0.05, 0.1) is 12.9 Å². The van der Waals surface area contributed by atoms with Gasteiger partial charge in [0, 0.05) is 0 Å². The zero-order chi connectivity index (χ0) is 14.4. The van der Waals surface area contributed by atoms with Crippen LogP contribution in [0.3, 0.4) is 0 Å². The van der Waals surface area contributed by atoms with E-state index in [0.29, 0.717) is 0 Å². The summed E-state index contributed by atoms with van der Waals surface area (Å²) in [5.41, 5.74) is 5.86. The lowest BCUT2D eigenvalue weighted by atomic mass is 10.1. The van der Waals surface area contributed by atoms with Crippen LogP contribution in [0, 0.1) is 0 Å². The average Bonchev–Trinajstić information content (AvgIpc) is 2.99. The third-order valence-electron chi connectivity index (χ3n) is 3.40. The molecule has 3 rings (SSSR count). The topological polar surface area (TPSA) is 129 Å². The number of rotatable bonds is 2. The normalized spacial score (nSPS) is 36.5. The van der Waals surface area contributed by atoms with Gasteiger partial charge in [0.25, 0.3) is 0 Å². The molecule has 10 heteroatoms. The summed E-state index contributed by atoms with van der Waals surface area (Å²) in [4.78, 5) is 7.64. The third kappa shape index (κ3) is 1.81. The van der Waals surface area contributed by atoms with Crippen LogP contribution in [0.15, 0.2) is 11.3 Å². The van der Waals surface area contributed by atoms with Crippen LogP contribution >= 0.6 is 0 Å². The van der Waals surface area contributed by atoms with Crippen molar-refractivity contribution in [2.75, 3.05) is 11.7 Å². The third-order valence-corrected chi connectivity index (χ3v) is 3.40. The van der Waals surface area contributed by atoms with E-state index in [2.05, 4.69) is 9.98 Å². The molecule has 9 nitrogen and oxygen atoms in total. The summed E-state index contributed by atoms with van der Waals surface area (Å²) in [5, 5.41) is 28.9. The van der Waals surface area contributed by atoms with Crippen molar-refractivity contribution in [2.45, 2.75) is 30.7 Å². The van der Waals surface area contributed by atoms with Crippen molar-refractivity contribution >= 4 is 12.2 Å². The first-order chi connectivity index (χ1) is 9.54. The van der Waals surface area contributed by atoms with Crippen molar-refractivity contribution in [1.82, 2.24) is 9.55 Å². The summed E-state index contributed by atoms with van der Waals surface area (Å²) in [6.07, 6.45) is -3.30. The van der Waals surface area contributed by atoms with E-state index in [1.807, 2.05) is 0 Å². The molecule has 0 amide bonds. The minimum Gasteiger partial charge on any atom is -0.394 e. The number of hydrogen-bond acceptors (Lipinski definition) is 8. The maximum Gasteiger partial charge on any atom is 0.173 e. The van der Waals surface area contributed by atoms with Gasteiger partial charge in [-0.15, -0.1) is 5.12 Å². The highest BCUT2D eigenvalue weighted by Crippen LogP contribution is 2.36. The maximum atomic E-state index is 13.8. The summed E-state index contributed by atoms with van der Waals surface area (Å²) in [6.45, 7) is -0.466. The molecule has 2 aliphatic heterocycles. The van der Waals surface area contributed by atoms with Gasteiger partial charge in [0.2, 0.25) is 0 Å². The van der Waals surface area contributed by atoms with Crippen molar-refractivity contribution < 1.29 is 24.5 Å². The van der Waals surface area contributed by atoms with Gasteiger partial charge in [-0.1, -0.05) is 4.48 Å². The van der Waals surface area contributed by atoms with Crippen LogP contribution in [0.2, 0.25) is 0 Å². The van der Waals surface area contributed by atoms with Crippen LogP contribution in [-0.2, 0) is 4.74 Å². The number of aromatic nitrogens is 2. The first kappa shape index (κ1) is 13.4. The van der Waals surface area contributed by atoms with Gasteiger partial charge in [-0.25, -0.2) is 9.98 Å². The molecule has 110 valence electrons. The van der Waals surface area contributed by atoms with Crippen LogP contribution < -0.4 is 10.9 Å². The zero-order valence-electron chi connectivity index (χ0n) is 10.2. The number of aliphatic imine (C=N–C) groups is 1. The Bertz CT molecular complexity index is 538. The predicted octanol–water partition coefficient (Wildman–Crippen LogP) is -1.82. The average molecular weight is 287 g/mol. The van der Waals surface area contributed by atoms with Crippen LogP contribution in [0.1, 0.15) is 18.1 Å². The number of nitrogens with two attached hydrogens (primary N) is 1. The number of aliphatic hydroxyl groups is 3. The molecule has 1 aromatic heterocycles.